The molecule has 2 aromatic rings. The normalized spacial score (nSPS) is 11.7. The van der Waals surface area contributed by atoms with Crippen LogP contribution in [0.25, 0.3) is 31.6 Å². The molecule has 0 fully saturated rings. The highest BCUT2D eigenvalue weighted by Crippen LogP contribution is 2.40. The summed E-state index contributed by atoms with van der Waals surface area (Å²) >= 11 is 1.56. The Kier molecular flexibility index (Phi) is 2.14. The van der Waals surface area contributed by atoms with Crippen LogP contribution in [0.4, 0.5) is 0 Å². The summed E-state index contributed by atoms with van der Waals surface area (Å²) in [5, 5.41) is 1.78. The number of aromatic nitrogens is 2. The zero-order valence-electron chi connectivity index (χ0n) is 10.4. The maximum absolute atomic E-state index is 12.1. The predicted octanol–water partition coefficient (Wildman–Crippen LogP) is 2.50. The van der Waals surface area contributed by atoms with Gasteiger partial charge in [-0.1, -0.05) is 18.2 Å². The number of benzene rings is 1. The molecule has 1 N–H and O–H groups in total. The van der Waals surface area contributed by atoms with Gasteiger partial charge >= 0.3 is 5.69 Å². The van der Waals surface area contributed by atoms with E-state index in [-0.39, 0.29) is 5.89 Å². The van der Waals surface area contributed by atoms with Gasteiger partial charge in [0, 0.05) is 15.5 Å². The number of thiophene rings is 1. The summed E-state index contributed by atoms with van der Waals surface area (Å²) in [5.41, 5.74) is -0.815. The van der Waals surface area contributed by atoms with E-state index in [9.17, 15) is 9.59 Å². The van der Waals surface area contributed by atoms with Crippen LogP contribution in [0, 0.1) is 6.92 Å². The van der Waals surface area contributed by atoms with Crippen molar-refractivity contribution in [1.82, 2.24) is 9.97 Å². The molecular weight excluding hydrogens is 276 g/mol. The average Bonchev–Trinajstić information content (AvgIpc) is 2.78. The molecule has 0 amide bonds. The molecule has 0 bridgehead atoms. The van der Waals surface area contributed by atoms with Crippen LogP contribution in [0.2, 0.25) is 0 Å². The first-order valence-corrected chi connectivity index (χ1v) is 6.82. The van der Waals surface area contributed by atoms with Crippen LogP contribution in [0.5, 0.6) is 0 Å². The summed E-state index contributed by atoms with van der Waals surface area (Å²) in [6.07, 6.45) is 0. The molecule has 2 aliphatic rings. The molecule has 98 valence electrons. The molecule has 4 rings (SSSR count). The van der Waals surface area contributed by atoms with Gasteiger partial charge in [0.25, 0.3) is 5.56 Å². The number of fused-ring (bicyclic) bond motifs is 5. The number of H-pyrrole nitrogens is 1. The fourth-order valence-electron chi connectivity index (χ4n) is 2.46. The van der Waals surface area contributed by atoms with Gasteiger partial charge in [-0.2, -0.15) is 4.98 Å². The van der Waals surface area contributed by atoms with Crippen molar-refractivity contribution in [3.05, 3.63) is 50.9 Å². The van der Waals surface area contributed by atoms with Crippen molar-refractivity contribution in [1.29, 1.82) is 0 Å². The number of nitrogens with one attached hydrogen (secondary N) is 1. The van der Waals surface area contributed by atoms with E-state index in [1.807, 2.05) is 31.2 Å². The van der Waals surface area contributed by atoms with Crippen molar-refractivity contribution in [3.8, 4) is 11.5 Å². The molecule has 2 aliphatic heterocycles. The van der Waals surface area contributed by atoms with Crippen LogP contribution < -0.4 is 11.2 Å². The van der Waals surface area contributed by atoms with Crippen molar-refractivity contribution in [2.24, 2.45) is 0 Å². The van der Waals surface area contributed by atoms with Crippen LogP contribution in [0.15, 0.2) is 38.3 Å². The molecule has 0 radical (unpaired) electrons. The molecule has 6 heteroatoms. The Labute approximate surface area is 115 Å². The van der Waals surface area contributed by atoms with Gasteiger partial charge in [0.2, 0.25) is 5.89 Å². The van der Waals surface area contributed by atoms with Gasteiger partial charge < -0.3 is 4.42 Å². The van der Waals surface area contributed by atoms with Crippen molar-refractivity contribution in [2.45, 2.75) is 6.92 Å². The lowest BCUT2D eigenvalue weighted by Crippen LogP contribution is -2.24. The zero-order chi connectivity index (χ0) is 13.9. The standard InChI is InChI=1S/C14H8N2O3S/c1-6-11-9(7-4-2-3-5-8(7)20-11)10-12(17)15-14(18)16-13(10)19-6/h2-5H,1H3,(H,15,17,18). The maximum Gasteiger partial charge on any atom is 0.351 e. The van der Waals surface area contributed by atoms with Crippen LogP contribution in [0.3, 0.4) is 0 Å². The molecule has 1 aromatic heterocycles. The lowest BCUT2D eigenvalue weighted by molar-refractivity contribution is 0.520. The van der Waals surface area contributed by atoms with E-state index in [2.05, 4.69) is 9.97 Å². The second kappa shape index (κ2) is 3.77. The van der Waals surface area contributed by atoms with Crippen molar-refractivity contribution in [3.63, 3.8) is 0 Å². The van der Waals surface area contributed by atoms with E-state index >= 15 is 0 Å². The first-order chi connectivity index (χ1) is 9.65. The summed E-state index contributed by atoms with van der Waals surface area (Å²) in [5.74, 6) is 0.749. The fraction of sp³-hybridized carbons (Fsp3) is 0.0714. The minimum absolute atomic E-state index is 0.0901. The molecule has 0 saturated carbocycles. The summed E-state index contributed by atoms with van der Waals surface area (Å²) in [6, 6.07) is 7.82. The largest absolute Gasteiger partial charge is 0.441 e. The molecule has 1 aromatic carbocycles. The average molecular weight is 284 g/mol. The Balaban J connectivity index is 2.42. The Morgan fingerprint density at radius 1 is 1.25 bits per heavy atom. The second-order valence-corrected chi connectivity index (χ2v) is 5.56. The Morgan fingerprint density at radius 2 is 2.05 bits per heavy atom. The summed E-state index contributed by atoms with van der Waals surface area (Å²) < 4.78 is 7.52. The predicted molar refractivity (Wildman–Crippen MR) is 77.6 cm³/mol. The second-order valence-electron chi connectivity index (χ2n) is 4.51. The van der Waals surface area contributed by atoms with Crippen molar-refractivity contribution < 1.29 is 4.42 Å². The van der Waals surface area contributed by atoms with Gasteiger partial charge in [-0.15, -0.1) is 11.3 Å². The lowest BCUT2D eigenvalue weighted by Gasteiger charge is -2.05. The number of hydrogen-bond donors (Lipinski definition) is 1. The summed E-state index contributed by atoms with van der Waals surface area (Å²) in [6.45, 7) is 1.81. The van der Waals surface area contributed by atoms with Crippen LogP contribution >= 0.6 is 11.3 Å². The molecule has 0 spiro atoms. The minimum atomic E-state index is -0.690. The number of rotatable bonds is 0. The smallest absolute Gasteiger partial charge is 0.351 e. The van der Waals surface area contributed by atoms with E-state index in [0.717, 1.165) is 20.2 Å². The van der Waals surface area contributed by atoms with Gasteiger partial charge in [0.1, 0.15) is 11.3 Å². The number of aromatic amines is 1. The molecule has 0 aliphatic carbocycles. The number of nitrogens with zero attached hydrogens (tertiary/aromatic N) is 1. The molecule has 0 saturated heterocycles. The van der Waals surface area contributed by atoms with Gasteiger partial charge in [0.15, 0.2) is 0 Å². The third-order valence-electron chi connectivity index (χ3n) is 3.28. The molecular formula is C14H8N2O3S. The summed E-state index contributed by atoms with van der Waals surface area (Å²) in [4.78, 5) is 29.4. The number of aryl methyl sites for hydroxylation is 1. The van der Waals surface area contributed by atoms with Gasteiger partial charge in [0.05, 0.1) is 4.70 Å². The minimum Gasteiger partial charge on any atom is -0.441 e. The Bertz CT molecular complexity index is 1060. The SMILES string of the molecule is Cc1oc2nc(=O)[nH]c(=O)c-2c2c1sc1ccccc12. The van der Waals surface area contributed by atoms with Crippen LogP contribution in [-0.2, 0) is 0 Å². The summed E-state index contributed by atoms with van der Waals surface area (Å²) in [7, 11) is 0. The van der Waals surface area contributed by atoms with Crippen molar-refractivity contribution >= 4 is 31.5 Å². The Hall–Kier alpha value is -2.47. The maximum atomic E-state index is 12.1. The van der Waals surface area contributed by atoms with E-state index in [0.29, 0.717) is 11.3 Å². The van der Waals surface area contributed by atoms with E-state index in [1.54, 1.807) is 11.3 Å². The topological polar surface area (TPSA) is 76.0 Å². The highest BCUT2D eigenvalue weighted by Gasteiger charge is 2.21. The van der Waals surface area contributed by atoms with Crippen LogP contribution in [-0.4, -0.2) is 9.97 Å². The fourth-order valence-corrected chi connectivity index (χ4v) is 3.61. The molecule has 5 nitrogen and oxygen atoms in total. The number of hydrogen-bond acceptors (Lipinski definition) is 5. The Morgan fingerprint density at radius 3 is 2.90 bits per heavy atom. The lowest BCUT2D eigenvalue weighted by atomic mass is 10.1. The van der Waals surface area contributed by atoms with Crippen LogP contribution in [0.1, 0.15) is 5.76 Å². The third kappa shape index (κ3) is 1.39. The molecule has 20 heavy (non-hydrogen) atoms. The molecule has 0 atom stereocenters. The van der Waals surface area contributed by atoms with Gasteiger partial charge in [-0.05, 0) is 13.0 Å². The monoisotopic (exact) mass is 284 g/mol. The first-order valence-electron chi connectivity index (χ1n) is 6.00. The zero-order valence-corrected chi connectivity index (χ0v) is 11.2. The van der Waals surface area contributed by atoms with E-state index in [1.165, 1.54) is 0 Å². The van der Waals surface area contributed by atoms with E-state index < -0.39 is 11.2 Å². The highest BCUT2D eigenvalue weighted by atomic mass is 32.1. The van der Waals surface area contributed by atoms with Gasteiger partial charge in [-0.25, -0.2) is 4.79 Å². The van der Waals surface area contributed by atoms with E-state index in [4.69, 9.17) is 4.42 Å². The first kappa shape index (κ1) is 11.4. The third-order valence-corrected chi connectivity index (χ3v) is 4.55. The molecule has 0 unspecified atom stereocenters. The van der Waals surface area contributed by atoms with Gasteiger partial charge in [-0.3, -0.25) is 9.78 Å². The van der Waals surface area contributed by atoms with Crippen molar-refractivity contribution in [2.75, 3.05) is 0 Å². The molecule has 3 heterocycles. The quantitative estimate of drug-likeness (QED) is 0.538. The highest BCUT2D eigenvalue weighted by molar-refractivity contribution is 7.26.